The van der Waals surface area contributed by atoms with Gasteiger partial charge in [0.05, 0.1) is 6.61 Å². The number of hydrogen-bond donors (Lipinski definition) is 2. The molecule has 6 nitrogen and oxygen atoms in total. The van der Waals surface area contributed by atoms with E-state index in [9.17, 15) is 4.79 Å². The maximum atomic E-state index is 10.8. The van der Waals surface area contributed by atoms with Crippen LogP contribution in [0.15, 0.2) is 18.2 Å². The molecule has 2 rings (SSSR count). The molecule has 1 aromatic rings. The minimum atomic E-state index is -1.17. The molecular formula is C14H19NO5. The lowest BCUT2D eigenvalue weighted by Gasteiger charge is -2.18. The van der Waals surface area contributed by atoms with Crippen molar-refractivity contribution in [3.8, 4) is 17.2 Å². The van der Waals surface area contributed by atoms with Gasteiger partial charge in [0.2, 0.25) is 6.79 Å². The molecule has 0 amide bonds. The third-order valence-corrected chi connectivity index (χ3v) is 3.19. The summed E-state index contributed by atoms with van der Waals surface area (Å²) < 4.78 is 16.0. The summed E-state index contributed by atoms with van der Waals surface area (Å²) in [5.74, 6) is 1.14. The first-order chi connectivity index (χ1) is 9.49. The number of carboxylic acids is 1. The van der Waals surface area contributed by atoms with Gasteiger partial charge in [0, 0.05) is 6.07 Å². The molecular weight excluding hydrogens is 262 g/mol. The first-order valence-corrected chi connectivity index (χ1v) is 6.54. The molecule has 1 aromatic carbocycles. The lowest BCUT2D eigenvalue weighted by atomic mass is 9.97. The monoisotopic (exact) mass is 281 g/mol. The highest BCUT2D eigenvalue weighted by atomic mass is 16.7. The maximum absolute atomic E-state index is 10.8. The molecule has 1 atom stereocenters. The van der Waals surface area contributed by atoms with Crippen molar-refractivity contribution >= 4 is 5.97 Å². The molecule has 20 heavy (non-hydrogen) atoms. The average molecular weight is 281 g/mol. The van der Waals surface area contributed by atoms with Crippen LogP contribution in [0.4, 0.5) is 0 Å². The van der Waals surface area contributed by atoms with Crippen molar-refractivity contribution in [2.24, 2.45) is 5.73 Å². The van der Waals surface area contributed by atoms with Crippen LogP contribution in [0.5, 0.6) is 17.2 Å². The van der Waals surface area contributed by atoms with E-state index in [0.717, 1.165) is 12.2 Å². The number of hydrogen-bond acceptors (Lipinski definition) is 5. The fourth-order valence-electron chi connectivity index (χ4n) is 1.86. The lowest BCUT2D eigenvalue weighted by molar-refractivity contribution is -0.142. The largest absolute Gasteiger partial charge is 0.493 e. The summed E-state index contributed by atoms with van der Waals surface area (Å²) in [6.45, 7) is 2.27. The maximum Gasteiger partial charge on any atom is 0.323 e. The second kappa shape index (κ2) is 6.00. The molecule has 0 spiro atoms. The minimum Gasteiger partial charge on any atom is -0.493 e. The van der Waals surface area contributed by atoms with E-state index in [0.29, 0.717) is 30.9 Å². The van der Waals surface area contributed by atoms with Crippen LogP contribution in [0, 0.1) is 0 Å². The molecule has 0 bridgehead atoms. The van der Waals surface area contributed by atoms with Gasteiger partial charge < -0.3 is 25.1 Å². The van der Waals surface area contributed by atoms with E-state index >= 15 is 0 Å². The molecule has 0 fully saturated rings. The molecule has 0 aromatic heterocycles. The molecule has 0 radical (unpaired) electrons. The van der Waals surface area contributed by atoms with Gasteiger partial charge in [-0.1, -0.05) is 0 Å². The van der Waals surface area contributed by atoms with Crippen molar-refractivity contribution < 1.29 is 24.1 Å². The van der Waals surface area contributed by atoms with E-state index in [2.05, 4.69) is 0 Å². The first kappa shape index (κ1) is 14.5. The number of unbranched alkanes of at least 4 members (excludes halogenated alkanes) is 1. The van der Waals surface area contributed by atoms with E-state index in [1.54, 1.807) is 12.1 Å². The van der Waals surface area contributed by atoms with Crippen LogP contribution in [0.3, 0.4) is 0 Å². The Labute approximate surface area is 117 Å². The molecule has 1 heterocycles. The molecule has 1 aliphatic rings. The van der Waals surface area contributed by atoms with Crippen LogP contribution in [0.2, 0.25) is 0 Å². The van der Waals surface area contributed by atoms with Crippen LogP contribution >= 0.6 is 0 Å². The van der Waals surface area contributed by atoms with Gasteiger partial charge in [0.1, 0.15) is 11.3 Å². The van der Waals surface area contributed by atoms with Gasteiger partial charge in [-0.05, 0) is 38.3 Å². The zero-order valence-corrected chi connectivity index (χ0v) is 11.4. The van der Waals surface area contributed by atoms with Gasteiger partial charge in [0.25, 0.3) is 0 Å². The summed E-state index contributed by atoms with van der Waals surface area (Å²) in [5, 5.41) is 8.88. The lowest BCUT2D eigenvalue weighted by Crippen LogP contribution is -2.44. The highest BCUT2D eigenvalue weighted by molar-refractivity contribution is 5.77. The summed E-state index contributed by atoms with van der Waals surface area (Å²) in [6, 6.07) is 5.41. The zero-order chi connectivity index (χ0) is 14.6. The van der Waals surface area contributed by atoms with E-state index in [-0.39, 0.29) is 6.79 Å². The number of nitrogens with two attached hydrogens (primary N) is 1. The highest BCUT2D eigenvalue weighted by Gasteiger charge is 2.26. The Kier molecular flexibility index (Phi) is 4.34. The quantitative estimate of drug-likeness (QED) is 0.740. The van der Waals surface area contributed by atoms with Crippen LogP contribution in [-0.2, 0) is 4.79 Å². The Morgan fingerprint density at radius 3 is 2.90 bits per heavy atom. The fourth-order valence-corrected chi connectivity index (χ4v) is 1.86. The highest BCUT2D eigenvalue weighted by Crippen LogP contribution is 2.35. The standard InChI is InChI=1S/C14H19NO5/c1-14(15,13(16)17)6-2-3-7-18-10-4-5-11-12(8-10)20-9-19-11/h4-5,8H,2-3,6-7,9,15H2,1H3,(H,16,17). The van der Waals surface area contributed by atoms with Gasteiger partial charge in [0.15, 0.2) is 11.5 Å². The van der Waals surface area contributed by atoms with Crippen molar-refractivity contribution in [3.63, 3.8) is 0 Å². The molecule has 6 heteroatoms. The predicted molar refractivity (Wildman–Crippen MR) is 72.1 cm³/mol. The first-order valence-electron chi connectivity index (χ1n) is 6.54. The van der Waals surface area contributed by atoms with Crippen molar-refractivity contribution in [2.45, 2.75) is 31.7 Å². The Balaban J connectivity index is 1.70. The molecule has 3 N–H and O–H groups in total. The van der Waals surface area contributed by atoms with Gasteiger partial charge in [-0.15, -0.1) is 0 Å². The smallest absolute Gasteiger partial charge is 0.323 e. The third kappa shape index (κ3) is 3.54. The molecule has 1 aliphatic heterocycles. The Morgan fingerprint density at radius 1 is 1.40 bits per heavy atom. The van der Waals surface area contributed by atoms with E-state index in [1.807, 2.05) is 6.07 Å². The van der Waals surface area contributed by atoms with Crippen molar-refractivity contribution in [1.82, 2.24) is 0 Å². The van der Waals surface area contributed by atoms with E-state index < -0.39 is 11.5 Å². The predicted octanol–water partition coefficient (Wildman–Crippen LogP) is 1.77. The van der Waals surface area contributed by atoms with Gasteiger partial charge in [-0.3, -0.25) is 4.79 Å². The van der Waals surface area contributed by atoms with E-state index in [1.165, 1.54) is 6.92 Å². The Hall–Kier alpha value is -1.95. The van der Waals surface area contributed by atoms with Crippen molar-refractivity contribution in [1.29, 1.82) is 0 Å². The number of fused-ring (bicyclic) bond motifs is 1. The number of rotatable bonds is 7. The van der Waals surface area contributed by atoms with Gasteiger partial charge >= 0.3 is 5.97 Å². The van der Waals surface area contributed by atoms with Gasteiger partial charge in [-0.25, -0.2) is 0 Å². The number of carbonyl (C=O) groups is 1. The summed E-state index contributed by atoms with van der Waals surface area (Å²) in [4.78, 5) is 10.8. The second-order valence-corrected chi connectivity index (χ2v) is 5.04. The number of ether oxygens (including phenoxy) is 3. The summed E-state index contributed by atoms with van der Waals surface area (Å²) in [7, 11) is 0. The molecule has 110 valence electrons. The fraction of sp³-hybridized carbons (Fsp3) is 0.500. The zero-order valence-electron chi connectivity index (χ0n) is 11.4. The summed E-state index contributed by atoms with van der Waals surface area (Å²) in [5.41, 5.74) is 4.48. The SMILES string of the molecule is CC(N)(CCCCOc1ccc2c(c1)OCO2)C(=O)O. The van der Waals surface area contributed by atoms with Crippen molar-refractivity contribution in [3.05, 3.63) is 18.2 Å². The molecule has 0 saturated heterocycles. The van der Waals surface area contributed by atoms with Crippen LogP contribution in [-0.4, -0.2) is 30.0 Å². The average Bonchev–Trinajstić information content (AvgIpc) is 2.85. The van der Waals surface area contributed by atoms with Crippen LogP contribution in [0.25, 0.3) is 0 Å². The molecule has 1 unspecified atom stereocenters. The van der Waals surface area contributed by atoms with Gasteiger partial charge in [-0.2, -0.15) is 0 Å². The Bertz CT molecular complexity index is 486. The van der Waals surface area contributed by atoms with Crippen molar-refractivity contribution in [2.75, 3.05) is 13.4 Å². The molecule has 0 saturated carbocycles. The normalized spacial score (nSPS) is 15.7. The minimum absolute atomic E-state index is 0.239. The van der Waals surface area contributed by atoms with E-state index in [4.69, 9.17) is 25.1 Å². The van der Waals surface area contributed by atoms with Crippen LogP contribution in [0.1, 0.15) is 26.2 Å². The Morgan fingerprint density at radius 2 is 2.15 bits per heavy atom. The number of carboxylic acid groups (broad SMARTS) is 1. The number of benzene rings is 1. The third-order valence-electron chi connectivity index (χ3n) is 3.19. The topological polar surface area (TPSA) is 91.0 Å². The number of aliphatic carboxylic acids is 1. The molecule has 0 aliphatic carbocycles. The second-order valence-electron chi connectivity index (χ2n) is 5.04. The van der Waals surface area contributed by atoms with Crippen LogP contribution < -0.4 is 19.9 Å². The summed E-state index contributed by atoms with van der Waals surface area (Å²) in [6.07, 6.45) is 1.87. The summed E-state index contributed by atoms with van der Waals surface area (Å²) >= 11 is 0.